The van der Waals surface area contributed by atoms with Gasteiger partial charge in [0.05, 0.1) is 12.6 Å². The predicted octanol–water partition coefficient (Wildman–Crippen LogP) is -3.19. The standard InChI is InChI=1S/C9H9ClN3O2.Rb/c10-6-1-2-8-9(3-6)12-13(11-8)4-7(15)5-14;/h1-3,7,15H,4-5H2;/q-1;+1. The van der Waals surface area contributed by atoms with E-state index >= 15 is 0 Å². The number of aliphatic hydroxyl groups excluding tert-OH is 1. The SMILES string of the molecule is [O-]CC(O)Cn1nc2ccc(Cl)cc2n1.[Rb+]. The molecule has 0 saturated heterocycles. The van der Waals surface area contributed by atoms with Gasteiger partial charge in [0, 0.05) is 5.02 Å². The minimum atomic E-state index is -0.956. The van der Waals surface area contributed by atoms with E-state index in [2.05, 4.69) is 10.2 Å². The van der Waals surface area contributed by atoms with E-state index in [-0.39, 0.29) is 64.7 Å². The number of hydrogen-bond acceptors (Lipinski definition) is 4. The number of benzene rings is 1. The Hall–Kier alpha value is 0.635. The molecule has 5 nitrogen and oxygen atoms in total. The Balaban J connectivity index is 0.00000128. The Labute approximate surface area is 146 Å². The van der Waals surface area contributed by atoms with Gasteiger partial charge in [0.25, 0.3) is 0 Å². The van der Waals surface area contributed by atoms with Crippen molar-refractivity contribution in [3.05, 3.63) is 23.2 Å². The van der Waals surface area contributed by atoms with Gasteiger partial charge in [0.15, 0.2) is 0 Å². The molecule has 2 aromatic rings. The molecule has 0 saturated carbocycles. The molecule has 16 heavy (non-hydrogen) atoms. The van der Waals surface area contributed by atoms with Gasteiger partial charge in [-0.15, -0.1) is 6.61 Å². The van der Waals surface area contributed by atoms with Crippen molar-refractivity contribution in [1.82, 2.24) is 15.0 Å². The van der Waals surface area contributed by atoms with Crippen LogP contribution in [0.25, 0.3) is 11.0 Å². The third-order valence-electron chi connectivity index (χ3n) is 1.95. The maximum Gasteiger partial charge on any atom is 1.00 e. The van der Waals surface area contributed by atoms with Crippen LogP contribution >= 0.6 is 11.6 Å². The zero-order valence-electron chi connectivity index (χ0n) is 8.80. The summed E-state index contributed by atoms with van der Waals surface area (Å²) in [5.74, 6) is 0. The average Bonchev–Trinajstić information content (AvgIpc) is 2.59. The normalized spacial score (nSPS) is 12.4. The van der Waals surface area contributed by atoms with Gasteiger partial charge in [-0.1, -0.05) is 11.6 Å². The number of halogens is 1. The summed E-state index contributed by atoms with van der Waals surface area (Å²) in [5.41, 5.74) is 1.35. The molecule has 0 aliphatic heterocycles. The molecule has 7 heteroatoms. The van der Waals surface area contributed by atoms with E-state index in [4.69, 9.17) is 16.7 Å². The third-order valence-corrected chi connectivity index (χ3v) is 2.19. The fourth-order valence-corrected chi connectivity index (χ4v) is 1.42. The first-order valence-electron chi connectivity index (χ1n) is 4.45. The van der Waals surface area contributed by atoms with Gasteiger partial charge in [-0.05, 0) is 18.2 Å². The molecule has 1 unspecified atom stereocenters. The van der Waals surface area contributed by atoms with Crippen molar-refractivity contribution in [1.29, 1.82) is 0 Å². The maximum absolute atomic E-state index is 10.4. The number of aromatic nitrogens is 3. The van der Waals surface area contributed by atoms with E-state index in [1.165, 1.54) is 4.80 Å². The number of rotatable bonds is 3. The van der Waals surface area contributed by atoms with Gasteiger partial charge in [-0.2, -0.15) is 15.0 Å². The first kappa shape index (κ1) is 14.7. The molecule has 1 aromatic carbocycles. The Morgan fingerprint density at radius 1 is 1.38 bits per heavy atom. The molecule has 0 aliphatic rings. The molecule has 0 aliphatic carbocycles. The molecule has 0 spiro atoms. The van der Waals surface area contributed by atoms with E-state index in [1.807, 2.05) is 0 Å². The van der Waals surface area contributed by atoms with Crippen LogP contribution in [-0.4, -0.2) is 32.8 Å². The molecular formula is C9H9ClN3O2Rb. The van der Waals surface area contributed by atoms with Crippen LogP contribution in [0.15, 0.2) is 18.2 Å². The van der Waals surface area contributed by atoms with Crippen molar-refractivity contribution in [2.75, 3.05) is 6.61 Å². The van der Waals surface area contributed by atoms with Crippen molar-refractivity contribution in [3.63, 3.8) is 0 Å². The summed E-state index contributed by atoms with van der Waals surface area (Å²) in [6.07, 6.45) is -0.956. The molecular weight excluding hydrogens is 303 g/mol. The molecule has 2 rings (SSSR count). The quantitative estimate of drug-likeness (QED) is 0.648. The van der Waals surface area contributed by atoms with Crippen LogP contribution in [0.3, 0.4) is 0 Å². The molecule has 1 heterocycles. The first-order chi connectivity index (χ1) is 7.19. The van der Waals surface area contributed by atoms with E-state index < -0.39 is 12.7 Å². The zero-order chi connectivity index (χ0) is 10.8. The molecule has 1 atom stereocenters. The Morgan fingerprint density at radius 2 is 2.06 bits per heavy atom. The van der Waals surface area contributed by atoms with Gasteiger partial charge >= 0.3 is 58.2 Å². The zero-order valence-corrected chi connectivity index (χ0v) is 14.5. The minimum Gasteiger partial charge on any atom is -0.853 e. The van der Waals surface area contributed by atoms with Crippen LogP contribution in [0.2, 0.25) is 5.02 Å². The van der Waals surface area contributed by atoms with E-state index in [0.29, 0.717) is 16.1 Å². The van der Waals surface area contributed by atoms with E-state index in [1.54, 1.807) is 18.2 Å². The molecule has 1 aromatic heterocycles. The molecule has 80 valence electrons. The van der Waals surface area contributed by atoms with Gasteiger partial charge in [-0.3, -0.25) is 0 Å². The fourth-order valence-electron chi connectivity index (χ4n) is 1.26. The van der Waals surface area contributed by atoms with Gasteiger partial charge in [-0.25, -0.2) is 0 Å². The predicted molar refractivity (Wildman–Crippen MR) is 53.4 cm³/mol. The summed E-state index contributed by atoms with van der Waals surface area (Å²) in [6.45, 7) is -0.450. The first-order valence-corrected chi connectivity index (χ1v) is 4.83. The van der Waals surface area contributed by atoms with Crippen LogP contribution in [0.1, 0.15) is 0 Å². The Morgan fingerprint density at radius 3 is 2.75 bits per heavy atom. The van der Waals surface area contributed by atoms with Gasteiger partial charge < -0.3 is 10.2 Å². The van der Waals surface area contributed by atoms with E-state index in [0.717, 1.165) is 0 Å². The summed E-state index contributed by atoms with van der Waals surface area (Å²) in [6, 6.07) is 5.14. The smallest absolute Gasteiger partial charge is 0.853 e. The van der Waals surface area contributed by atoms with Gasteiger partial charge in [0.2, 0.25) is 0 Å². The molecule has 0 fully saturated rings. The molecule has 0 amide bonds. The third kappa shape index (κ3) is 3.56. The molecule has 0 radical (unpaired) electrons. The van der Waals surface area contributed by atoms with Crippen molar-refractivity contribution in [2.45, 2.75) is 12.6 Å². The second-order valence-electron chi connectivity index (χ2n) is 3.21. The summed E-state index contributed by atoms with van der Waals surface area (Å²) < 4.78 is 0. The number of hydrogen-bond donors (Lipinski definition) is 1. The monoisotopic (exact) mass is 311 g/mol. The van der Waals surface area contributed by atoms with Crippen LogP contribution < -0.4 is 63.3 Å². The summed E-state index contributed by atoms with van der Waals surface area (Å²) in [4.78, 5) is 1.31. The van der Waals surface area contributed by atoms with Gasteiger partial charge in [0.1, 0.15) is 11.0 Å². The second kappa shape index (κ2) is 6.54. The number of fused-ring (bicyclic) bond motifs is 1. The summed E-state index contributed by atoms with van der Waals surface area (Å²) in [7, 11) is 0. The number of nitrogens with zero attached hydrogens (tertiary/aromatic N) is 3. The summed E-state index contributed by atoms with van der Waals surface area (Å²) in [5, 5.41) is 28.3. The maximum atomic E-state index is 10.4. The van der Waals surface area contributed by atoms with E-state index in [9.17, 15) is 5.11 Å². The molecule has 0 bridgehead atoms. The Kier molecular flexibility index (Phi) is 6.00. The van der Waals surface area contributed by atoms with Crippen LogP contribution in [-0.2, 0) is 6.54 Å². The van der Waals surface area contributed by atoms with Crippen molar-refractivity contribution >= 4 is 22.6 Å². The van der Waals surface area contributed by atoms with Crippen LogP contribution in [0, 0.1) is 0 Å². The average molecular weight is 312 g/mol. The van der Waals surface area contributed by atoms with Crippen LogP contribution in [0.4, 0.5) is 0 Å². The minimum absolute atomic E-state index is 0. The number of aliphatic hydroxyl groups is 1. The topological polar surface area (TPSA) is 74.0 Å². The Bertz CT molecular complexity index is 477. The van der Waals surface area contributed by atoms with Crippen LogP contribution in [0.5, 0.6) is 0 Å². The van der Waals surface area contributed by atoms with Crippen molar-refractivity contribution in [2.24, 2.45) is 0 Å². The second-order valence-corrected chi connectivity index (χ2v) is 3.64. The largest absolute Gasteiger partial charge is 1.00 e. The molecule has 1 N–H and O–H groups in total. The van der Waals surface area contributed by atoms with Crippen molar-refractivity contribution in [3.8, 4) is 0 Å². The van der Waals surface area contributed by atoms with Crippen molar-refractivity contribution < 1.29 is 68.4 Å². The fraction of sp³-hybridized carbons (Fsp3) is 0.333. The summed E-state index contributed by atoms with van der Waals surface area (Å²) >= 11 is 5.78.